The lowest BCUT2D eigenvalue weighted by atomic mass is 9.86. The van der Waals surface area contributed by atoms with E-state index in [1.807, 2.05) is 18.2 Å². The van der Waals surface area contributed by atoms with E-state index in [1.165, 1.54) is 4.70 Å². The molecular weight excluding hydrogens is 260 g/mol. The third-order valence-electron chi connectivity index (χ3n) is 3.70. The number of carboxylic acids is 1. The van der Waals surface area contributed by atoms with Crippen molar-refractivity contribution in [2.24, 2.45) is 5.92 Å². The number of fused-ring (bicyclic) bond motifs is 1. The van der Waals surface area contributed by atoms with Crippen molar-refractivity contribution in [3.8, 4) is 0 Å². The van der Waals surface area contributed by atoms with Crippen molar-refractivity contribution in [3.05, 3.63) is 24.3 Å². The zero-order chi connectivity index (χ0) is 13.2. The van der Waals surface area contributed by atoms with Crippen molar-refractivity contribution in [1.82, 2.24) is 4.98 Å². The van der Waals surface area contributed by atoms with Gasteiger partial charge in [-0.15, -0.1) is 0 Å². The molecule has 4 nitrogen and oxygen atoms in total. The van der Waals surface area contributed by atoms with Crippen LogP contribution in [0.5, 0.6) is 0 Å². The largest absolute Gasteiger partial charge is 0.481 e. The molecule has 2 N–H and O–H groups in total. The lowest BCUT2D eigenvalue weighted by molar-refractivity contribution is -0.142. The molecule has 3 rings (SSSR count). The van der Waals surface area contributed by atoms with E-state index in [2.05, 4.69) is 16.4 Å². The molecule has 5 heteroatoms. The van der Waals surface area contributed by atoms with Crippen molar-refractivity contribution in [2.45, 2.75) is 31.7 Å². The Morgan fingerprint density at radius 1 is 1.26 bits per heavy atom. The maximum atomic E-state index is 10.9. The van der Waals surface area contributed by atoms with Crippen molar-refractivity contribution in [1.29, 1.82) is 0 Å². The van der Waals surface area contributed by atoms with Crippen LogP contribution in [0, 0.1) is 5.92 Å². The van der Waals surface area contributed by atoms with E-state index in [4.69, 9.17) is 5.11 Å². The van der Waals surface area contributed by atoms with Crippen molar-refractivity contribution in [2.75, 3.05) is 5.32 Å². The predicted molar refractivity (Wildman–Crippen MR) is 76.6 cm³/mol. The number of thiazole rings is 1. The Hall–Kier alpha value is -1.62. The molecule has 1 heterocycles. The van der Waals surface area contributed by atoms with E-state index in [-0.39, 0.29) is 5.92 Å². The minimum absolute atomic E-state index is 0.159. The van der Waals surface area contributed by atoms with E-state index in [0.29, 0.717) is 6.04 Å². The SMILES string of the molecule is O=C(O)C1CCC(Nc2nc3ccccc3s2)CC1. The van der Waals surface area contributed by atoms with Gasteiger partial charge >= 0.3 is 5.97 Å². The lowest BCUT2D eigenvalue weighted by Crippen LogP contribution is -2.29. The van der Waals surface area contributed by atoms with Crippen molar-refractivity contribution < 1.29 is 9.90 Å². The molecule has 1 aromatic heterocycles. The summed E-state index contributed by atoms with van der Waals surface area (Å²) in [6, 6.07) is 8.44. The zero-order valence-corrected chi connectivity index (χ0v) is 11.3. The zero-order valence-electron chi connectivity index (χ0n) is 10.5. The summed E-state index contributed by atoms with van der Waals surface area (Å²) in [7, 11) is 0. The van der Waals surface area contributed by atoms with Gasteiger partial charge in [-0.25, -0.2) is 4.98 Å². The molecule has 100 valence electrons. The number of para-hydroxylation sites is 1. The van der Waals surface area contributed by atoms with E-state index in [1.54, 1.807) is 11.3 Å². The van der Waals surface area contributed by atoms with E-state index in [9.17, 15) is 4.79 Å². The predicted octanol–water partition coefficient (Wildman–Crippen LogP) is 3.35. The maximum Gasteiger partial charge on any atom is 0.306 e. The van der Waals surface area contributed by atoms with Crippen LogP contribution in [0.15, 0.2) is 24.3 Å². The van der Waals surface area contributed by atoms with Gasteiger partial charge in [0.2, 0.25) is 0 Å². The second-order valence-electron chi connectivity index (χ2n) is 5.02. The van der Waals surface area contributed by atoms with Gasteiger partial charge in [-0.05, 0) is 37.8 Å². The molecule has 0 bridgehead atoms. The Kier molecular flexibility index (Phi) is 3.38. The summed E-state index contributed by atoms with van der Waals surface area (Å²) < 4.78 is 1.18. The Labute approximate surface area is 115 Å². The number of benzene rings is 1. The number of aromatic nitrogens is 1. The number of anilines is 1. The van der Waals surface area contributed by atoms with Crippen LogP contribution in [0.4, 0.5) is 5.13 Å². The molecule has 0 spiro atoms. The fraction of sp³-hybridized carbons (Fsp3) is 0.429. The molecule has 1 aromatic carbocycles. The van der Waals surface area contributed by atoms with E-state index in [0.717, 1.165) is 36.3 Å². The number of hydrogen-bond acceptors (Lipinski definition) is 4. The van der Waals surface area contributed by atoms with Gasteiger partial charge in [-0.3, -0.25) is 4.79 Å². The summed E-state index contributed by atoms with van der Waals surface area (Å²) in [4.78, 5) is 15.5. The maximum absolute atomic E-state index is 10.9. The average molecular weight is 276 g/mol. The molecule has 0 radical (unpaired) electrons. The summed E-state index contributed by atoms with van der Waals surface area (Å²) >= 11 is 1.66. The molecule has 1 aliphatic carbocycles. The number of carbonyl (C=O) groups is 1. The smallest absolute Gasteiger partial charge is 0.306 e. The minimum Gasteiger partial charge on any atom is -0.481 e. The van der Waals surface area contributed by atoms with Crippen LogP contribution in [-0.2, 0) is 4.79 Å². The first-order valence-electron chi connectivity index (χ1n) is 6.57. The van der Waals surface area contributed by atoms with Crippen LogP contribution in [0.1, 0.15) is 25.7 Å². The van der Waals surface area contributed by atoms with Gasteiger partial charge in [0.1, 0.15) is 0 Å². The first-order chi connectivity index (χ1) is 9.22. The molecule has 1 aliphatic rings. The molecule has 0 amide bonds. The highest BCUT2D eigenvalue weighted by atomic mass is 32.1. The van der Waals surface area contributed by atoms with Gasteiger partial charge in [-0.1, -0.05) is 23.5 Å². The van der Waals surface area contributed by atoms with E-state index >= 15 is 0 Å². The highest BCUT2D eigenvalue weighted by Crippen LogP contribution is 2.30. The van der Waals surface area contributed by atoms with Gasteiger partial charge in [0.15, 0.2) is 5.13 Å². The molecule has 1 fully saturated rings. The second-order valence-corrected chi connectivity index (χ2v) is 6.05. The van der Waals surface area contributed by atoms with Crippen LogP contribution < -0.4 is 5.32 Å². The van der Waals surface area contributed by atoms with Gasteiger partial charge < -0.3 is 10.4 Å². The average Bonchev–Trinajstić information content (AvgIpc) is 2.81. The fourth-order valence-electron chi connectivity index (χ4n) is 2.59. The van der Waals surface area contributed by atoms with Crippen LogP contribution in [0.3, 0.4) is 0 Å². The number of carboxylic acid groups (broad SMARTS) is 1. The molecular formula is C14H16N2O2S. The summed E-state index contributed by atoms with van der Waals surface area (Å²) in [5.41, 5.74) is 1.02. The topological polar surface area (TPSA) is 62.2 Å². The summed E-state index contributed by atoms with van der Waals surface area (Å²) in [5, 5.41) is 13.4. The van der Waals surface area contributed by atoms with Gasteiger partial charge in [0, 0.05) is 6.04 Å². The highest BCUT2D eigenvalue weighted by molar-refractivity contribution is 7.22. The summed E-state index contributed by atoms with van der Waals surface area (Å²) in [6.45, 7) is 0. The van der Waals surface area contributed by atoms with Crippen LogP contribution in [0.2, 0.25) is 0 Å². The normalized spacial score (nSPS) is 23.4. The van der Waals surface area contributed by atoms with E-state index < -0.39 is 5.97 Å². The quantitative estimate of drug-likeness (QED) is 0.902. The van der Waals surface area contributed by atoms with Gasteiger partial charge in [-0.2, -0.15) is 0 Å². The van der Waals surface area contributed by atoms with Gasteiger partial charge in [0.25, 0.3) is 0 Å². The highest BCUT2D eigenvalue weighted by Gasteiger charge is 2.26. The molecule has 0 atom stereocenters. The second kappa shape index (κ2) is 5.17. The van der Waals surface area contributed by atoms with Crippen LogP contribution in [0.25, 0.3) is 10.2 Å². The molecule has 1 saturated carbocycles. The van der Waals surface area contributed by atoms with Crippen molar-refractivity contribution >= 4 is 32.7 Å². The molecule has 0 unspecified atom stereocenters. The molecule has 2 aromatic rings. The first kappa shape index (κ1) is 12.4. The Balaban J connectivity index is 1.64. The summed E-state index contributed by atoms with van der Waals surface area (Å²) in [6.07, 6.45) is 3.34. The number of nitrogens with zero attached hydrogens (tertiary/aromatic N) is 1. The molecule has 0 aliphatic heterocycles. The van der Waals surface area contributed by atoms with Crippen LogP contribution >= 0.6 is 11.3 Å². The first-order valence-corrected chi connectivity index (χ1v) is 7.39. The molecule has 19 heavy (non-hydrogen) atoms. The minimum atomic E-state index is -0.654. The Morgan fingerprint density at radius 3 is 2.68 bits per heavy atom. The summed E-state index contributed by atoms with van der Waals surface area (Å²) in [5.74, 6) is -0.813. The van der Waals surface area contributed by atoms with Crippen molar-refractivity contribution in [3.63, 3.8) is 0 Å². The monoisotopic (exact) mass is 276 g/mol. The Morgan fingerprint density at radius 2 is 2.00 bits per heavy atom. The van der Waals surface area contributed by atoms with Crippen LogP contribution in [-0.4, -0.2) is 22.1 Å². The number of hydrogen-bond donors (Lipinski definition) is 2. The Bertz CT molecular complexity index is 555. The number of nitrogens with one attached hydrogen (secondary N) is 1. The standard InChI is InChI=1S/C14H16N2O2S/c17-13(18)9-5-7-10(8-6-9)15-14-16-11-3-1-2-4-12(11)19-14/h1-4,9-10H,5-8H2,(H,15,16)(H,17,18). The third-order valence-corrected chi connectivity index (χ3v) is 4.67. The third kappa shape index (κ3) is 2.71. The number of rotatable bonds is 3. The van der Waals surface area contributed by atoms with Gasteiger partial charge in [0.05, 0.1) is 16.1 Å². The fourth-order valence-corrected chi connectivity index (χ4v) is 3.54. The lowest BCUT2D eigenvalue weighted by Gasteiger charge is -2.26. The number of aliphatic carboxylic acids is 1. The molecule has 0 saturated heterocycles.